The number of aromatic nitrogens is 2. The predicted molar refractivity (Wildman–Crippen MR) is 62.7 cm³/mol. The molecule has 3 N–H and O–H groups in total. The van der Waals surface area contributed by atoms with Crippen LogP contribution in [0.15, 0.2) is 16.3 Å². The molecule has 0 bridgehead atoms. The van der Waals surface area contributed by atoms with Gasteiger partial charge in [-0.1, -0.05) is 0 Å². The number of nitrogens with zero attached hydrogens (tertiary/aromatic N) is 2. The Balaban J connectivity index is 2.09. The van der Waals surface area contributed by atoms with Crippen LogP contribution in [0.25, 0.3) is 0 Å². The lowest BCUT2D eigenvalue weighted by Crippen LogP contribution is -2.29. The molecule has 2 aromatic heterocycles. The number of rotatable bonds is 4. The van der Waals surface area contributed by atoms with Crippen molar-refractivity contribution in [3.8, 4) is 0 Å². The summed E-state index contributed by atoms with van der Waals surface area (Å²) in [6, 6.07) is 0.0572. The summed E-state index contributed by atoms with van der Waals surface area (Å²) < 4.78 is 0. The van der Waals surface area contributed by atoms with Gasteiger partial charge in [0.2, 0.25) is 0 Å². The van der Waals surface area contributed by atoms with E-state index in [0.29, 0.717) is 0 Å². The van der Waals surface area contributed by atoms with Crippen LogP contribution in [0, 0.1) is 6.92 Å². The van der Waals surface area contributed by atoms with Crippen molar-refractivity contribution in [2.45, 2.75) is 19.4 Å². The molecule has 2 aromatic rings. The van der Waals surface area contributed by atoms with Crippen molar-refractivity contribution in [2.24, 2.45) is 5.84 Å². The van der Waals surface area contributed by atoms with Crippen molar-refractivity contribution in [2.75, 3.05) is 0 Å². The van der Waals surface area contributed by atoms with Crippen LogP contribution in [0.4, 0.5) is 0 Å². The molecule has 2 rings (SSSR count). The summed E-state index contributed by atoms with van der Waals surface area (Å²) in [6.07, 6.45) is 0.790. The second-order valence-corrected chi connectivity index (χ2v) is 4.88. The summed E-state index contributed by atoms with van der Waals surface area (Å²) in [6.45, 7) is 1.99. The van der Waals surface area contributed by atoms with E-state index in [4.69, 9.17) is 5.84 Å². The average Bonchev–Trinajstić information content (AvgIpc) is 2.85. The molecule has 0 aliphatic carbocycles. The lowest BCUT2D eigenvalue weighted by molar-refractivity contribution is 0.539. The van der Waals surface area contributed by atoms with Gasteiger partial charge in [0, 0.05) is 22.9 Å². The zero-order chi connectivity index (χ0) is 10.7. The molecule has 0 amide bonds. The lowest BCUT2D eigenvalue weighted by Gasteiger charge is -2.11. The molecule has 1 atom stereocenters. The highest BCUT2D eigenvalue weighted by atomic mass is 32.1. The van der Waals surface area contributed by atoms with Crippen molar-refractivity contribution in [3.05, 3.63) is 32.7 Å². The third-order valence-electron chi connectivity index (χ3n) is 2.05. The number of aryl methyl sites for hydroxylation is 1. The molecule has 0 saturated heterocycles. The van der Waals surface area contributed by atoms with Crippen molar-refractivity contribution in [3.63, 3.8) is 0 Å². The summed E-state index contributed by atoms with van der Waals surface area (Å²) in [5.74, 6) is 5.51. The summed E-state index contributed by atoms with van der Waals surface area (Å²) in [5, 5.41) is 5.14. The van der Waals surface area contributed by atoms with E-state index in [1.807, 2.05) is 23.2 Å². The van der Waals surface area contributed by atoms with Crippen LogP contribution in [-0.4, -0.2) is 9.97 Å². The van der Waals surface area contributed by atoms with E-state index in [2.05, 4.69) is 15.4 Å². The highest BCUT2D eigenvalue weighted by Gasteiger charge is 2.14. The van der Waals surface area contributed by atoms with Gasteiger partial charge in [0.15, 0.2) is 0 Å². The molecule has 0 aromatic carbocycles. The van der Waals surface area contributed by atoms with Gasteiger partial charge in [-0.15, -0.1) is 22.7 Å². The number of nitrogens with two attached hydrogens (primary N) is 1. The van der Waals surface area contributed by atoms with Gasteiger partial charge in [-0.3, -0.25) is 11.3 Å². The Hall–Kier alpha value is -0.820. The SMILES string of the molecule is Cc1csc(CC(NN)c2cscn2)n1. The lowest BCUT2D eigenvalue weighted by atomic mass is 10.2. The van der Waals surface area contributed by atoms with Gasteiger partial charge >= 0.3 is 0 Å². The van der Waals surface area contributed by atoms with Crippen molar-refractivity contribution in [1.82, 2.24) is 15.4 Å². The van der Waals surface area contributed by atoms with Crippen molar-refractivity contribution < 1.29 is 0 Å². The number of thiazole rings is 2. The Morgan fingerprint density at radius 2 is 2.40 bits per heavy atom. The number of nitrogens with one attached hydrogen (secondary N) is 1. The molecule has 4 nitrogen and oxygen atoms in total. The number of hydrazine groups is 1. The molecule has 80 valence electrons. The molecule has 15 heavy (non-hydrogen) atoms. The van der Waals surface area contributed by atoms with Crippen LogP contribution in [-0.2, 0) is 6.42 Å². The fourth-order valence-electron chi connectivity index (χ4n) is 1.31. The first kappa shape index (κ1) is 10.7. The average molecular weight is 240 g/mol. The fourth-order valence-corrected chi connectivity index (χ4v) is 2.74. The third-order valence-corrected chi connectivity index (χ3v) is 3.65. The first-order valence-electron chi connectivity index (χ1n) is 4.55. The van der Waals surface area contributed by atoms with Crippen LogP contribution in [0.5, 0.6) is 0 Å². The maximum absolute atomic E-state index is 5.51. The van der Waals surface area contributed by atoms with Gasteiger partial charge in [-0.05, 0) is 6.92 Å². The van der Waals surface area contributed by atoms with Crippen LogP contribution in [0.2, 0.25) is 0 Å². The largest absolute Gasteiger partial charge is 0.271 e. The Bertz CT molecular complexity index is 409. The molecule has 0 saturated carbocycles. The smallest absolute Gasteiger partial charge is 0.0948 e. The summed E-state index contributed by atoms with van der Waals surface area (Å²) in [5.41, 5.74) is 6.63. The zero-order valence-electron chi connectivity index (χ0n) is 8.30. The molecule has 0 aliphatic rings. The summed E-state index contributed by atoms with van der Waals surface area (Å²) in [4.78, 5) is 8.65. The Labute approximate surface area is 96.2 Å². The molecule has 0 aliphatic heterocycles. The van der Waals surface area contributed by atoms with E-state index >= 15 is 0 Å². The molecule has 2 heterocycles. The molecule has 6 heteroatoms. The van der Waals surface area contributed by atoms with Crippen LogP contribution < -0.4 is 11.3 Å². The molecule has 0 radical (unpaired) electrons. The predicted octanol–water partition coefficient (Wildman–Crippen LogP) is 1.66. The van der Waals surface area contributed by atoms with Gasteiger partial charge < -0.3 is 0 Å². The summed E-state index contributed by atoms with van der Waals surface area (Å²) >= 11 is 3.23. The first-order valence-corrected chi connectivity index (χ1v) is 6.37. The molecule has 1 unspecified atom stereocenters. The maximum Gasteiger partial charge on any atom is 0.0948 e. The topological polar surface area (TPSA) is 63.8 Å². The van der Waals surface area contributed by atoms with Gasteiger partial charge in [0.25, 0.3) is 0 Å². The van der Waals surface area contributed by atoms with Crippen LogP contribution in [0.3, 0.4) is 0 Å². The highest BCUT2D eigenvalue weighted by Crippen LogP contribution is 2.19. The van der Waals surface area contributed by atoms with E-state index in [9.17, 15) is 0 Å². The monoisotopic (exact) mass is 240 g/mol. The minimum absolute atomic E-state index is 0.0572. The standard InChI is InChI=1S/C9H12N4S2/c1-6-3-15-9(12-6)2-7(13-10)8-4-14-5-11-8/h3-5,7,13H,2,10H2,1H3. The quantitative estimate of drug-likeness (QED) is 0.630. The van der Waals surface area contributed by atoms with Crippen molar-refractivity contribution in [1.29, 1.82) is 0 Å². The number of hydrogen-bond acceptors (Lipinski definition) is 6. The van der Waals surface area contributed by atoms with Crippen molar-refractivity contribution >= 4 is 22.7 Å². The van der Waals surface area contributed by atoms with Gasteiger partial charge in [0.05, 0.1) is 22.3 Å². The van der Waals surface area contributed by atoms with E-state index < -0.39 is 0 Å². The minimum atomic E-state index is 0.0572. The van der Waals surface area contributed by atoms with E-state index in [0.717, 1.165) is 22.8 Å². The molecule has 0 fully saturated rings. The molecular weight excluding hydrogens is 228 g/mol. The maximum atomic E-state index is 5.51. The van der Waals surface area contributed by atoms with Gasteiger partial charge in [0.1, 0.15) is 0 Å². The van der Waals surface area contributed by atoms with E-state index in [-0.39, 0.29) is 6.04 Å². The second kappa shape index (κ2) is 4.80. The fraction of sp³-hybridized carbons (Fsp3) is 0.333. The number of hydrogen-bond donors (Lipinski definition) is 2. The molecule has 0 spiro atoms. The Morgan fingerprint density at radius 1 is 1.53 bits per heavy atom. The van der Waals surface area contributed by atoms with E-state index in [1.165, 1.54) is 0 Å². The molecular formula is C9H12N4S2. The Morgan fingerprint density at radius 3 is 2.93 bits per heavy atom. The summed E-state index contributed by atoms with van der Waals surface area (Å²) in [7, 11) is 0. The Kier molecular flexibility index (Phi) is 3.42. The van der Waals surface area contributed by atoms with Gasteiger partial charge in [-0.2, -0.15) is 0 Å². The van der Waals surface area contributed by atoms with Crippen LogP contribution >= 0.6 is 22.7 Å². The van der Waals surface area contributed by atoms with Crippen LogP contribution in [0.1, 0.15) is 22.4 Å². The highest BCUT2D eigenvalue weighted by molar-refractivity contribution is 7.09. The first-order chi connectivity index (χ1) is 7.29. The second-order valence-electron chi connectivity index (χ2n) is 3.22. The normalized spacial score (nSPS) is 12.9. The third kappa shape index (κ3) is 2.60. The van der Waals surface area contributed by atoms with E-state index in [1.54, 1.807) is 22.7 Å². The van der Waals surface area contributed by atoms with Gasteiger partial charge in [-0.25, -0.2) is 9.97 Å². The zero-order valence-corrected chi connectivity index (χ0v) is 9.94. The minimum Gasteiger partial charge on any atom is -0.271 e.